The van der Waals surface area contributed by atoms with Crippen molar-refractivity contribution < 1.29 is 0 Å². The Balaban J connectivity index is 1.70. The molecule has 120 valence electrons. The topological polar surface area (TPSA) is 40.7 Å². The Morgan fingerprint density at radius 1 is 1.19 bits per heavy atom. The van der Waals surface area contributed by atoms with Gasteiger partial charge in [-0.15, -0.1) is 0 Å². The molecule has 0 radical (unpaired) electrons. The molecule has 2 rings (SSSR count). The Labute approximate surface area is 134 Å². The summed E-state index contributed by atoms with van der Waals surface area (Å²) in [6.07, 6.45) is 10.3. The molecule has 1 aromatic rings. The summed E-state index contributed by atoms with van der Waals surface area (Å²) in [5.41, 5.74) is 1.05. The van der Waals surface area contributed by atoms with E-state index in [0.29, 0.717) is 5.15 Å². The number of aryl methyl sites for hydroxylation is 1. The summed E-state index contributed by atoms with van der Waals surface area (Å²) in [6.45, 7) is 6.43. The minimum atomic E-state index is 0.642. The predicted molar refractivity (Wildman–Crippen MR) is 89.7 cm³/mol. The highest BCUT2D eigenvalue weighted by atomic mass is 35.5. The minimum Gasteiger partial charge on any atom is -0.344 e. The van der Waals surface area contributed by atoms with Gasteiger partial charge in [-0.3, -0.25) is 0 Å². The minimum absolute atomic E-state index is 0.642. The molecule has 0 unspecified atom stereocenters. The van der Waals surface area contributed by atoms with Gasteiger partial charge in [0.25, 0.3) is 0 Å². The predicted octanol–water partition coefficient (Wildman–Crippen LogP) is 4.71. The zero-order valence-corrected chi connectivity index (χ0v) is 14.3. The highest BCUT2D eigenvalue weighted by Gasteiger charge is 2.19. The molecule has 1 aliphatic carbocycles. The summed E-state index contributed by atoms with van der Waals surface area (Å²) >= 11 is 6.20. The van der Waals surface area contributed by atoms with Crippen LogP contribution in [0.2, 0.25) is 5.15 Å². The second-order valence-corrected chi connectivity index (χ2v) is 6.84. The Kier molecular flexibility index (Phi) is 7.05. The van der Waals surface area contributed by atoms with E-state index < -0.39 is 0 Å². The van der Waals surface area contributed by atoms with Gasteiger partial charge in [0.2, 0.25) is 0 Å². The van der Waals surface area contributed by atoms with Gasteiger partial charge in [-0.2, -0.15) is 0 Å². The zero-order valence-electron chi connectivity index (χ0n) is 13.6. The van der Waals surface area contributed by atoms with Crippen molar-refractivity contribution in [3.05, 3.63) is 16.7 Å². The average Bonchev–Trinajstić information content (AvgIpc) is 2.86. The third-order valence-corrected chi connectivity index (χ3v) is 5.14. The van der Waals surface area contributed by atoms with Gasteiger partial charge in [0.1, 0.15) is 5.82 Å². The average molecular weight is 312 g/mol. The largest absolute Gasteiger partial charge is 0.344 e. The molecule has 3 nitrogen and oxygen atoms in total. The number of H-pyrrole nitrogens is 1. The fourth-order valence-corrected chi connectivity index (χ4v) is 3.48. The molecule has 1 fully saturated rings. The van der Waals surface area contributed by atoms with Crippen LogP contribution in [0, 0.1) is 11.8 Å². The van der Waals surface area contributed by atoms with Crippen molar-refractivity contribution in [2.75, 3.05) is 6.54 Å². The lowest BCUT2D eigenvalue weighted by Crippen LogP contribution is -2.26. The van der Waals surface area contributed by atoms with Gasteiger partial charge in [-0.25, -0.2) is 4.98 Å². The van der Waals surface area contributed by atoms with E-state index >= 15 is 0 Å². The normalized spacial score (nSPS) is 22.6. The SMILES string of the molecule is CCCCc1nc(Cl)c(CNCC2CCC(CC)CC2)[nH]1. The summed E-state index contributed by atoms with van der Waals surface area (Å²) in [4.78, 5) is 7.77. The van der Waals surface area contributed by atoms with E-state index in [2.05, 4.69) is 29.1 Å². The van der Waals surface area contributed by atoms with Gasteiger partial charge in [0, 0.05) is 13.0 Å². The highest BCUT2D eigenvalue weighted by molar-refractivity contribution is 6.30. The van der Waals surface area contributed by atoms with Crippen LogP contribution in [0.15, 0.2) is 0 Å². The maximum absolute atomic E-state index is 6.20. The molecular formula is C17H30ClN3. The first-order valence-electron chi connectivity index (χ1n) is 8.66. The van der Waals surface area contributed by atoms with Crippen molar-refractivity contribution >= 4 is 11.6 Å². The van der Waals surface area contributed by atoms with E-state index in [9.17, 15) is 0 Å². The molecule has 0 spiro atoms. The lowest BCUT2D eigenvalue weighted by molar-refractivity contribution is 0.262. The Bertz CT molecular complexity index is 408. The second-order valence-electron chi connectivity index (χ2n) is 6.48. The molecule has 0 bridgehead atoms. The van der Waals surface area contributed by atoms with Crippen LogP contribution in [0.3, 0.4) is 0 Å². The highest BCUT2D eigenvalue weighted by Crippen LogP contribution is 2.30. The standard InChI is InChI=1S/C17H30ClN3/c1-3-5-6-16-20-15(17(18)21-16)12-19-11-14-9-7-13(4-2)8-10-14/h13-14,19H,3-12H2,1-2H3,(H,20,21). The van der Waals surface area contributed by atoms with Crippen LogP contribution in [0.4, 0.5) is 0 Å². The van der Waals surface area contributed by atoms with Crippen LogP contribution in [0.25, 0.3) is 0 Å². The van der Waals surface area contributed by atoms with Crippen molar-refractivity contribution in [3.8, 4) is 0 Å². The van der Waals surface area contributed by atoms with Crippen LogP contribution in [0.5, 0.6) is 0 Å². The van der Waals surface area contributed by atoms with Gasteiger partial charge in [-0.05, 0) is 37.6 Å². The number of hydrogen-bond acceptors (Lipinski definition) is 2. The molecule has 0 amide bonds. The van der Waals surface area contributed by atoms with Crippen LogP contribution >= 0.6 is 11.6 Å². The number of aromatic amines is 1. The molecule has 4 heteroatoms. The summed E-state index contributed by atoms with van der Waals surface area (Å²) in [6, 6.07) is 0. The molecule has 0 atom stereocenters. The monoisotopic (exact) mass is 311 g/mol. The number of rotatable bonds is 8. The molecule has 2 N–H and O–H groups in total. The Morgan fingerprint density at radius 2 is 1.90 bits per heavy atom. The molecule has 0 aromatic carbocycles. The van der Waals surface area contributed by atoms with Crippen molar-refractivity contribution in [1.29, 1.82) is 0 Å². The van der Waals surface area contributed by atoms with E-state index in [1.54, 1.807) is 0 Å². The Morgan fingerprint density at radius 3 is 2.57 bits per heavy atom. The van der Waals surface area contributed by atoms with Crippen molar-refractivity contribution in [3.63, 3.8) is 0 Å². The smallest absolute Gasteiger partial charge is 0.151 e. The number of nitrogens with zero attached hydrogens (tertiary/aromatic N) is 1. The lowest BCUT2D eigenvalue weighted by Gasteiger charge is -2.27. The molecule has 0 saturated heterocycles. The van der Waals surface area contributed by atoms with Crippen molar-refractivity contribution in [2.24, 2.45) is 11.8 Å². The number of halogens is 1. The molecule has 21 heavy (non-hydrogen) atoms. The van der Waals surface area contributed by atoms with Gasteiger partial charge >= 0.3 is 0 Å². The number of nitrogens with one attached hydrogen (secondary N) is 2. The third kappa shape index (κ3) is 5.30. The quantitative estimate of drug-likeness (QED) is 0.730. The van der Waals surface area contributed by atoms with Gasteiger partial charge in [0.05, 0.1) is 5.69 Å². The summed E-state index contributed by atoms with van der Waals surface area (Å²) in [5.74, 6) is 2.85. The first-order valence-corrected chi connectivity index (χ1v) is 9.04. The van der Waals surface area contributed by atoms with Gasteiger partial charge < -0.3 is 10.3 Å². The maximum atomic E-state index is 6.20. The van der Waals surface area contributed by atoms with Gasteiger partial charge in [0.15, 0.2) is 5.15 Å². The molecule has 1 aromatic heterocycles. The zero-order chi connectivity index (χ0) is 15.1. The lowest BCUT2D eigenvalue weighted by atomic mass is 9.81. The summed E-state index contributed by atoms with van der Waals surface area (Å²) in [7, 11) is 0. The van der Waals surface area contributed by atoms with Gasteiger partial charge in [-0.1, -0.05) is 51.1 Å². The number of imidazole rings is 1. The summed E-state index contributed by atoms with van der Waals surface area (Å²) in [5, 5.41) is 4.20. The molecule has 1 heterocycles. The van der Waals surface area contributed by atoms with E-state index in [1.807, 2.05) is 0 Å². The fraction of sp³-hybridized carbons (Fsp3) is 0.824. The molecule has 0 aliphatic heterocycles. The van der Waals surface area contributed by atoms with E-state index in [4.69, 9.17) is 11.6 Å². The summed E-state index contributed by atoms with van der Waals surface area (Å²) < 4.78 is 0. The first kappa shape index (κ1) is 16.8. The van der Waals surface area contributed by atoms with E-state index in [1.165, 1.54) is 38.5 Å². The van der Waals surface area contributed by atoms with E-state index in [-0.39, 0.29) is 0 Å². The van der Waals surface area contributed by atoms with Crippen LogP contribution in [0.1, 0.15) is 70.3 Å². The third-order valence-electron chi connectivity index (χ3n) is 4.82. The van der Waals surface area contributed by atoms with E-state index in [0.717, 1.165) is 49.3 Å². The van der Waals surface area contributed by atoms with Crippen LogP contribution < -0.4 is 5.32 Å². The maximum Gasteiger partial charge on any atom is 0.151 e. The molecular weight excluding hydrogens is 282 g/mol. The van der Waals surface area contributed by atoms with Crippen molar-refractivity contribution in [2.45, 2.75) is 71.8 Å². The number of aromatic nitrogens is 2. The van der Waals surface area contributed by atoms with Crippen LogP contribution in [-0.2, 0) is 13.0 Å². The first-order chi connectivity index (χ1) is 10.2. The van der Waals surface area contributed by atoms with Crippen LogP contribution in [-0.4, -0.2) is 16.5 Å². The van der Waals surface area contributed by atoms with Crippen molar-refractivity contribution in [1.82, 2.24) is 15.3 Å². The number of hydrogen-bond donors (Lipinski definition) is 2. The Hall–Kier alpha value is -0.540. The fourth-order valence-electron chi connectivity index (χ4n) is 3.26. The number of unbranched alkanes of at least 4 members (excludes halogenated alkanes) is 1. The molecule has 1 saturated carbocycles. The second kappa shape index (κ2) is 8.79. The molecule has 1 aliphatic rings.